The highest BCUT2D eigenvalue weighted by Gasteiger charge is 2.24. The molecule has 1 saturated carbocycles. The maximum atomic E-state index is 10.1. The van der Waals surface area contributed by atoms with E-state index >= 15 is 0 Å². The summed E-state index contributed by atoms with van der Waals surface area (Å²) in [6.45, 7) is 0. The van der Waals surface area contributed by atoms with Gasteiger partial charge in [-0.1, -0.05) is 31.4 Å². The van der Waals surface area contributed by atoms with E-state index in [-0.39, 0.29) is 5.75 Å². The van der Waals surface area contributed by atoms with Crippen LogP contribution in [0.25, 0.3) is 27.8 Å². The number of anilines is 1. The first-order valence-corrected chi connectivity index (χ1v) is 9.16. The van der Waals surface area contributed by atoms with Crippen LogP contribution < -0.4 is 5.73 Å². The number of H-pyrrole nitrogens is 1. The summed E-state index contributed by atoms with van der Waals surface area (Å²) in [6.07, 6.45) is 9.80. The number of aromatic amines is 1. The largest absolute Gasteiger partial charge is 0.506 e. The number of hydrogen-bond acceptors (Lipinski definition) is 4. The number of hydrogen-bond donors (Lipinski definition) is 3. The van der Waals surface area contributed by atoms with Gasteiger partial charge in [-0.3, -0.25) is 4.40 Å². The summed E-state index contributed by atoms with van der Waals surface area (Å²) in [5, 5.41) is 11.1. The molecule has 0 saturated heterocycles. The number of phenols is 1. The molecule has 0 unspecified atom stereocenters. The highest BCUT2D eigenvalue weighted by Crippen LogP contribution is 2.37. The molecule has 1 aromatic carbocycles. The van der Waals surface area contributed by atoms with Gasteiger partial charge in [-0.15, -0.1) is 0 Å². The number of nitrogens with two attached hydrogens (primary N) is 1. The fourth-order valence-electron chi connectivity index (χ4n) is 4.19. The van der Waals surface area contributed by atoms with E-state index in [2.05, 4.69) is 14.4 Å². The lowest BCUT2D eigenvalue weighted by atomic mass is 9.89. The van der Waals surface area contributed by atoms with Gasteiger partial charge in [-0.25, -0.2) is 9.97 Å². The maximum absolute atomic E-state index is 10.1. The first-order valence-electron chi connectivity index (χ1n) is 9.16. The molecule has 5 rings (SSSR count). The number of aromatic hydroxyl groups is 1. The third-order valence-corrected chi connectivity index (χ3v) is 5.47. The molecule has 6 nitrogen and oxygen atoms in total. The van der Waals surface area contributed by atoms with Crippen molar-refractivity contribution in [2.45, 2.75) is 38.0 Å². The van der Waals surface area contributed by atoms with Gasteiger partial charge >= 0.3 is 0 Å². The fraction of sp³-hybridized carbons (Fsp3) is 0.300. The molecule has 4 aromatic rings. The van der Waals surface area contributed by atoms with E-state index in [0.717, 1.165) is 41.0 Å². The quantitative estimate of drug-likeness (QED) is 0.506. The molecular formula is C20H21N5O. The molecule has 26 heavy (non-hydrogen) atoms. The number of nitrogens with one attached hydrogen (secondary N) is 1. The van der Waals surface area contributed by atoms with Crippen molar-refractivity contribution < 1.29 is 5.11 Å². The Balaban J connectivity index is 1.75. The van der Waals surface area contributed by atoms with Crippen LogP contribution in [0, 0.1) is 0 Å². The van der Waals surface area contributed by atoms with Crippen molar-refractivity contribution in [2.24, 2.45) is 0 Å². The zero-order chi connectivity index (χ0) is 17.7. The Hall–Kier alpha value is -3.02. The Bertz CT molecular complexity index is 1100. The normalized spacial score (nSPS) is 15.8. The fourth-order valence-corrected chi connectivity index (χ4v) is 4.19. The predicted molar refractivity (Wildman–Crippen MR) is 102 cm³/mol. The molecule has 0 bridgehead atoms. The lowest BCUT2D eigenvalue weighted by molar-refractivity contribution is 0.428. The van der Waals surface area contributed by atoms with Crippen LogP contribution in [0.4, 0.5) is 5.82 Å². The summed E-state index contributed by atoms with van der Waals surface area (Å²) in [5.74, 6) is 2.21. The van der Waals surface area contributed by atoms with E-state index < -0.39 is 0 Å². The van der Waals surface area contributed by atoms with Crippen molar-refractivity contribution in [3.63, 3.8) is 0 Å². The molecule has 0 radical (unpaired) electrons. The van der Waals surface area contributed by atoms with Crippen LogP contribution in [0.1, 0.15) is 43.8 Å². The van der Waals surface area contributed by atoms with Gasteiger partial charge in [0.15, 0.2) is 0 Å². The SMILES string of the molecule is Nc1nccn2c(C3CCCCC3)nc(-c3cc4cccc(O)c4[nH]3)c12. The first-order chi connectivity index (χ1) is 12.7. The van der Waals surface area contributed by atoms with Gasteiger partial charge in [0.1, 0.15) is 28.6 Å². The number of benzene rings is 1. The number of fused-ring (bicyclic) bond motifs is 2. The number of rotatable bonds is 2. The van der Waals surface area contributed by atoms with E-state index in [1.54, 1.807) is 12.3 Å². The maximum Gasteiger partial charge on any atom is 0.150 e. The van der Waals surface area contributed by atoms with Gasteiger partial charge < -0.3 is 15.8 Å². The number of phenolic OH excluding ortho intramolecular Hbond substituents is 1. The Morgan fingerprint density at radius 1 is 1.19 bits per heavy atom. The molecule has 1 fully saturated rings. The number of aromatic nitrogens is 4. The molecule has 3 aromatic heterocycles. The van der Waals surface area contributed by atoms with Crippen LogP contribution >= 0.6 is 0 Å². The lowest BCUT2D eigenvalue weighted by Gasteiger charge is -2.20. The van der Waals surface area contributed by atoms with E-state index in [4.69, 9.17) is 10.7 Å². The zero-order valence-electron chi connectivity index (χ0n) is 14.4. The van der Waals surface area contributed by atoms with Crippen LogP contribution in [0.5, 0.6) is 5.75 Å². The number of nitrogen functional groups attached to an aromatic ring is 1. The molecule has 1 aliphatic carbocycles. The summed E-state index contributed by atoms with van der Waals surface area (Å²) in [7, 11) is 0. The third kappa shape index (κ3) is 2.25. The summed E-state index contributed by atoms with van der Waals surface area (Å²) in [6, 6.07) is 7.49. The molecule has 3 heterocycles. The molecule has 0 amide bonds. The molecule has 132 valence electrons. The van der Waals surface area contributed by atoms with Crippen LogP contribution in [0.15, 0.2) is 36.7 Å². The van der Waals surface area contributed by atoms with Crippen LogP contribution in [-0.4, -0.2) is 24.5 Å². The minimum absolute atomic E-state index is 0.232. The number of nitrogens with zero attached hydrogens (tertiary/aromatic N) is 3. The van der Waals surface area contributed by atoms with Crippen molar-refractivity contribution in [2.75, 3.05) is 5.73 Å². The third-order valence-electron chi connectivity index (χ3n) is 5.47. The highest BCUT2D eigenvalue weighted by molar-refractivity contribution is 5.93. The van der Waals surface area contributed by atoms with Gasteiger partial charge in [0.05, 0.1) is 11.2 Å². The minimum Gasteiger partial charge on any atom is -0.506 e. The van der Waals surface area contributed by atoms with Crippen LogP contribution in [0.3, 0.4) is 0 Å². The second-order valence-electron chi connectivity index (χ2n) is 7.11. The van der Waals surface area contributed by atoms with Gasteiger partial charge in [0.25, 0.3) is 0 Å². The van der Waals surface area contributed by atoms with Gasteiger partial charge in [-0.2, -0.15) is 0 Å². The minimum atomic E-state index is 0.232. The molecule has 1 aliphatic rings. The number of para-hydroxylation sites is 1. The van der Waals surface area contributed by atoms with Crippen molar-refractivity contribution in [3.8, 4) is 17.1 Å². The topological polar surface area (TPSA) is 92.2 Å². The average Bonchev–Trinajstić information content (AvgIpc) is 3.25. The second-order valence-corrected chi connectivity index (χ2v) is 7.11. The first kappa shape index (κ1) is 15.3. The smallest absolute Gasteiger partial charge is 0.150 e. The zero-order valence-corrected chi connectivity index (χ0v) is 14.4. The average molecular weight is 347 g/mol. The van der Waals surface area contributed by atoms with Gasteiger partial charge in [0.2, 0.25) is 0 Å². The molecule has 6 heteroatoms. The Morgan fingerprint density at radius 2 is 2.04 bits per heavy atom. The summed E-state index contributed by atoms with van der Waals surface area (Å²) in [4.78, 5) is 12.6. The van der Waals surface area contributed by atoms with Crippen molar-refractivity contribution >= 4 is 22.2 Å². The van der Waals surface area contributed by atoms with Crippen molar-refractivity contribution in [1.82, 2.24) is 19.4 Å². The van der Waals surface area contributed by atoms with Crippen molar-refractivity contribution in [1.29, 1.82) is 0 Å². The summed E-state index contributed by atoms with van der Waals surface area (Å²) in [5.41, 5.74) is 9.42. The van der Waals surface area contributed by atoms with E-state index in [0.29, 0.717) is 17.3 Å². The Labute approximate surface area is 150 Å². The second kappa shape index (κ2) is 5.76. The molecule has 0 aliphatic heterocycles. The Kier molecular flexibility index (Phi) is 3.38. The summed E-state index contributed by atoms with van der Waals surface area (Å²) >= 11 is 0. The molecule has 0 spiro atoms. The summed E-state index contributed by atoms with van der Waals surface area (Å²) < 4.78 is 2.10. The van der Waals surface area contributed by atoms with E-state index in [1.165, 1.54) is 19.3 Å². The Morgan fingerprint density at radius 3 is 2.85 bits per heavy atom. The highest BCUT2D eigenvalue weighted by atomic mass is 16.3. The van der Waals surface area contributed by atoms with Crippen molar-refractivity contribution in [3.05, 3.63) is 42.5 Å². The van der Waals surface area contributed by atoms with Crippen LogP contribution in [0.2, 0.25) is 0 Å². The lowest BCUT2D eigenvalue weighted by Crippen LogP contribution is -2.09. The standard InChI is InChI=1S/C20H21N5O/c21-19-18-17(14-11-13-7-4-8-15(26)16(13)23-14)24-20(25(18)10-9-22-19)12-5-2-1-3-6-12/h4,7-12,23,26H,1-3,5-6H2,(H2,21,22). The molecule has 4 N–H and O–H groups in total. The van der Waals surface area contributed by atoms with E-state index in [1.807, 2.05) is 24.4 Å². The van der Waals surface area contributed by atoms with E-state index in [9.17, 15) is 5.11 Å². The predicted octanol–water partition coefficient (Wildman–Crippen LogP) is 4.21. The van der Waals surface area contributed by atoms with Crippen LogP contribution in [-0.2, 0) is 0 Å². The van der Waals surface area contributed by atoms with Gasteiger partial charge in [-0.05, 0) is 25.0 Å². The molecular weight excluding hydrogens is 326 g/mol. The monoisotopic (exact) mass is 347 g/mol. The number of imidazole rings is 1. The van der Waals surface area contributed by atoms with Gasteiger partial charge in [0, 0.05) is 23.7 Å². The molecule has 0 atom stereocenters.